The fourth-order valence-corrected chi connectivity index (χ4v) is 4.03. The lowest BCUT2D eigenvalue weighted by Gasteiger charge is -2.11. The molecule has 0 atom stereocenters. The number of fused-ring (bicyclic) bond motifs is 1. The molecule has 4 rings (SSSR count). The number of nitrogens with zero attached hydrogens (tertiary/aromatic N) is 4. The summed E-state index contributed by atoms with van der Waals surface area (Å²) in [7, 11) is 0. The van der Waals surface area contributed by atoms with Crippen LogP contribution < -0.4 is 16.4 Å². The van der Waals surface area contributed by atoms with Crippen LogP contribution in [-0.2, 0) is 17.8 Å². The average Bonchev–Trinajstić information content (AvgIpc) is 3.55. The van der Waals surface area contributed by atoms with Gasteiger partial charge in [0, 0.05) is 35.7 Å². The smallest absolute Gasteiger partial charge is 0.290 e. The molecule has 0 saturated heterocycles. The number of carbonyl (C=O) groups is 2. The Balaban J connectivity index is 1.39. The van der Waals surface area contributed by atoms with Crippen LogP contribution in [0.5, 0.6) is 0 Å². The van der Waals surface area contributed by atoms with Crippen molar-refractivity contribution in [2.24, 2.45) is 0 Å². The predicted octanol–water partition coefficient (Wildman–Crippen LogP) is 3.09. The summed E-state index contributed by atoms with van der Waals surface area (Å²) in [6.45, 7) is 2.49. The molecule has 1 aromatic carbocycles. The number of rotatable bonds is 9. The minimum atomic E-state index is -0.605. The number of hydrazine groups is 1. The van der Waals surface area contributed by atoms with Crippen molar-refractivity contribution >= 4 is 33.9 Å². The maximum absolute atomic E-state index is 12.8. The van der Waals surface area contributed by atoms with Gasteiger partial charge in [-0.25, -0.2) is 4.68 Å². The first-order valence-electron chi connectivity index (χ1n) is 11.0. The van der Waals surface area contributed by atoms with E-state index in [2.05, 4.69) is 33.0 Å². The van der Waals surface area contributed by atoms with Gasteiger partial charge in [0.15, 0.2) is 5.69 Å². The first kappa shape index (κ1) is 23.3. The van der Waals surface area contributed by atoms with Gasteiger partial charge in [0.25, 0.3) is 11.5 Å². The molecule has 176 valence electrons. The van der Waals surface area contributed by atoms with Crippen LogP contribution in [0, 0.1) is 0 Å². The van der Waals surface area contributed by atoms with Crippen molar-refractivity contribution in [1.29, 1.82) is 0 Å². The second-order valence-electron chi connectivity index (χ2n) is 7.66. The largest absolute Gasteiger partial charge is 0.339 e. The van der Waals surface area contributed by atoms with Crippen molar-refractivity contribution in [2.45, 2.75) is 45.6 Å². The number of hydrogen-bond donors (Lipinski definition) is 2. The summed E-state index contributed by atoms with van der Waals surface area (Å²) in [6.07, 6.45) is 3.00. The number of aryl methyl sites for hydroxylation is 2. The highest BCUT2D eigenvalue weighted by Gasteiger charge is 2.18. The Morgan fingerprint density at radius 2 is 1.94 bits per heavy atom. The highest BCUT2D eigenvalue weighted by molar-refractivity contribution is 7.08. The third-order valence-electron chi connectivity index (χ3n) is 5.19. The standard InChI is InChI=1S/C23H24N6O4S/c1-2-3-6-12-29-23(32)17-8-5-4-7-16(17)20(27-29)22(31)26-25-18(30)9-10-19-24-21(28-33-19)15-11-13-34-14-15/h4-5,7-8,11,13-14H,2-3,6,9-10,12H2,1H3,(H,25,30)(H,26,31). The SMILES string of the molecule is CCCCCn1nc(C(=O)NNC(=O)CCc2nc(-c3ccsc3)no2)c2ccccc2c1=O. The van der Waals surface area contributed by atoms with Crippen LogP contribution in [0.3, 0.4) is 0 Å². The van der Waals surface area contributed by atoms with E-state index in [0.717, 1.165) is 24.8 Å². The molecule has 11 heteroatoms. The van der Waals surface area contributed by atoms with E-state index in [1.807, 2.05) is 16.8 Å². The van der Waals surface area contributed by atoms with Gasteiger partial charge in [-0.2, -0.15) is 21.4 Å². The van der Waals surface area contributed by atoms with Crippen molar-refractivity contribution in [3.05, 3.63) is 63.0 Å². The maximum Gasteiger partial charge on any atom is 0.290 e. The van der Waals surface area contributed by atoms with E-state index in [4.69, 9.17) is 4.52 Å². The molecular formula is C23H24N6O4S. The molecule has 0 saturated carbocycles. The molecular weight excluding hydrogens is 456 g/mol. The van der Waals surface area contributed by atoms with Gasteiger partial charge in [0.1, 0.15) is 0 Å². The Kier molecular flexibility index (Phi) is 7.43. The number of benzene rings is 1. The van der Waals surface area contributed by atoms with E-state index in [0.29, 0.717) is 29.0 Å². The number of thiophene rings is 1. The molecule has 10 nitrogen and oxygen atoms in total. The molecule has 0 radical (unpaired) electrons. The molecule has 0 aliphatic carbocycles. The molecule has 2 amide bonds. The third-order valence-corrected chi connectivity index (χ3v) is 5.87. The topological polar surface area (TPSA) is 132 Å². The minimum Gasteiger partial charge on any atom is -0.339 e. The molecule has 0 aliphatic rings. The zero-order chi connectivity index (χ0) is 23.9. The van der Waals surface area contributed by atoms with Crippen LogP contribution in [0.2, 0.25) is 0 Å². The monoisotopic (exact) mass is 480 g/mol. The number of amides is 2. The summed E-state index contributed by atoms with van der Waals surface area (Å²) >= 11 is 1.53. The molecule has 34 heavy (non-hydrogen) atoms. The van der Waals surface area contributed by atoms with Crippen molar-refractivity contribution in [3.63, 3.8) is 0 Å². The van der Waals surface area contributed by atoms with Gasteiger partial charge in [-0.1, -0.05) is 43.1 Å². The average molecular weight is 481 g/mol. The zero-order valence-electron chi connectivity index (χ0n) is 18.6. The lowest BCUT2D eigenvalue weighted by molar-refractivity contribution is -0.121. The summed E-state index contributed by atoms with van der Waals surface area (Å²) in [4.78, 5) is 42.1. The first-order valence-corrected chi connectivity index (χ1v) is 11.9. The number of carbonyl (C=O) groups excluding carboxylic acids is 2. The van der Waals surface area contributed by atoms with Gasteiger partial charge in [0.05, 0.1) is 5.39 Å². The van der Waals surface area contributed by atoms with E-state index in [9.17, 15) is 14.4 Å². The van der Waals surface area contributed by atoms with Crippen LogP contribution in [0.15, 0.2) is 50.4 Å². The Morgan fingerprint density at radius 3 is 2.71 bits per heavy atom. The van der Waals surface area contributed by atoms with Crippen molar-refractivity contribution in [3.8, 4) is 11.4 Å². The van der Waals surface area contributed by atoms with E-state index >= 15 is 0 Å². The van der Waals surface area contributed by atoms with Crippen molar-refractivity contribution in [1.82, 2.24) is 30.8 Å². The van der Waals surface area contributed by atoms with Gasteiger partial charge in [0.2, 0.25) is 17.6 Å². The number of hydrogen-bond acceptors (Lipinski definition) is 8. The van der Waals surface area contributed by atoms with E-state index in [1.54, 1.807) is 24.3 Å². The van der Waals surface area contributed by atoms with Crippen LogP contribution >= 0.6 is 11.3 Å². The normalized spacial score (nSPS) is 11.0. The second-order valence-corrected chi connectivity index (χ2v) is 8.44. The van der Waals surface area contributed by atoms with Gasteiger partial charge >= 0.3 is 0 Å². The van der Waals surface area contributed by atoms with E-state index in [1.165, 1.54) is 16.0 Å². The maximum atomic E-state index is 12.8. The lowest BCUT2D eigenvalue weighted by Crippen LogP contribution is -2.43. The highest BCUT2D eigenvalue weighted by Crippen LogP contribution is 2.19. The second kappa shape index (κ2) is 10.8. The van der Waals surface area contributed by atoms with Crippen LogP contribution in [0.25, 0.3) is 22.2 Å². The van der Waals surface area contributed by atoms with Crippen LogP contribution in [0.1, 0.15) is 49.0 Å². The number of unbranched alkanes of at least 4 members (excludes halogenated alkanes) is 2. The molecule has 0 fully saturated rings. The lowest BCUT2D eigenvalue weighted by atomic mass is 10.1. The van der Waals surface area contributed by atoms with E-state index in [-0.39, 0.29) is 24.1 Å². The Hall–Kier alpha value is -3.86. The zero-order valence-corrected chi connectivity index (χ0v) is 19.4. The van der Waals surface area contributed by atoms with Crippen LogP contribution in [-0.4, -0.2) is 31.7 Å². The van der Waals surface area contributed by atoms with Gasteiger partial charge < -0.3 is 4.52 Å². The summed E-state index contributed by atoms with van der Waals surface area (Å²) in [5.74, 6) is -0.234. The Morgan fingerprint density at radius 1 is 1.12 bits per heavy atom. The van der Waals surface area contributed by atoms with Crippen LogP contribution in [0.4, 0.5) is 0 Å². The molecule has 2 N–H and O–H groups in total. The van der Waals surface area contributed by atoms with E-state index < -0.39 is 11.8 Å². The number of nitrogens with one attached hydrogen (secondary N) is 2. The van der Waals surface area contributed by atoms with Crippen molar-refractivity contribution in [2.75, 3.05) is 0 Å². The molecule has 3 aromatic heterocycles. The fourth-order valence-electron chi connectivity index (χ4n) is 3.40. The highest BCUT2D eigenvalue weighted by atomic mass is 32.1. The quantitative estimate of drug-likeness (QED) is 0.278. The van der Waals surface area contributed by atoms with Crippen molar-refractivity contribution < 1.29 is 14.1 Å². The predicted molar refractivity (Wildman–Crippen MR) is 127 cm³/mol. The molecule has 0 aliphatic heterocycles. The first-order chi connectivity index (χ1) is 16.6. The van der Waals surface area contributed by atoms with Gasteiger partial charge in [-0.05, 0) is 23.9 Å². The van der Waals surface area contributed by atoms with Gasteiger partial charge in [-0.3, -0.25) is 25.2 Å². The molecule has 0 spiro atoms. The third kappa shape index (κ3) is 5.37. The molecule has 0 bridgehead atoms. The fraction of sp³-hybridized carbons (Fsp3) is 0.304. The summed E-state index contributed by atoms with van der Waals surface area (Å²) in [5.41, 5.74) is 5.46. The van der Waals surface area contributed by atoms with Gasteiger partial charge in [-0.15, -0.1) is 0 Å². The Bertz CT molecular complexity index is 1350. The Labute approximate surface area is 199 Å². The molecule has 4 aromatic rings. The number of aromatic nitrogens is 4. The summed E-state index contributed by atoms with van der Waals surface area (Å²) < 4.78 is 6.50. The summed E-state index contributed by atoms with van der Waals surface area (Å²) in [5, 5.41) is 12.8. The minimum absolute atomic E-state index is 0.0379. The summed E-state index contributed by atoms with van der Waals surface area (Å²) in [6, 6.07) is 8.68. The molecule has 3 heterocycles. The molecule has 0 unspecified atom stereocenters.